The summed E-state index contributed by atoms with van der Waals surface area (Å²) in [6.45, 7) is 0.491. The molecule has 96 valence electrons. The molecule has 2 heterocycles. The average molecular weight is 258 g/mol. The summed E-state index contributed by atoms with van der Waals surface area (Å²) in [4.78, 5) is 12.6. The Hall–Kier alpha value is -2.18. The van der Waals surface area contributed by atoms with Gasteiger partial charge in [0.2, 0.25) is 0 Å². The Morgan fingerprint density at radius 1 is 1.44 bits per heavy atom. The van der Waals surface area contributed by atoms with Gasteiger partial charge in [-0.1, -0.05) is 12.2 Å². The number of nitrogens with zero attached hydrogens (tertiary/aromatic N) is 1. The van der Waals surface area contributed by atoms with Gasteiger partial charge in [-0.05, 0) is 6.08 Å². The van der Waals surface area contributed by atoms with Gasteiger partial charge in [0, 0.05) is 12.7 Å². The normalized spacial score (nSPS) is 18.3. The summed E-state index contributed by atoms with van der Waals surface area (Å²) in [5.41, 5.74) is 0.399. The number of carbonyl (C=O) groups is 1. The third kappa shape index (κ3) is 2.55. The lowest BCUT2D eigenvalue weighted by Crippen LogP contribution is -2.38. The minimum Gasteiger partial charge on any atom is -0.469 e. The number of amides is 1. The maximum atomic E-state index is 12.2. The van der Waals surface area contributed by atoms with Crippen molar-refractivity contribution in [3.8, 4) is 0 Å². The van der Waals surface area contributed by atoms with Gasteiger partial charge in [0.25, 0.3) is 0 Å². The molecule has 0 saturated heterocycles. The summed E-state index contributed by atoms with van der Waals surface area (Å²) in [5, 5.41) is 1.79. The van der Waals surface area contributed by atoms with Gasteiger partial charge in [-0.3, -0.25) is 4.79 Å². The van der Waals surface area contributed by atoms with Crippen molar-refractivity contribution in [2.75, 3.05) is 6.54 Å². The fourth-order valence-corrected chi connectivity index (χ4v) is 1.48. The monoisotopic (exact) mass is 258 g/mol. The SMILES string of the molecule is O=C(NC1=COC=CN2CC=CC=C12)C(F)(F)F. The number of halogens is 3. The molecule has 0 aliphatic carbocycles. The van der Waals surface area contributed by atoms with Crippen molar-refractivity contribution in [2.45, 2.75) is 6.18 Å². The molecule has 4 nitrogen and oxygen atoms in total. The molecule has 0 aromatic heterocycles. The quantitative estimate of drug-likeness (QED) is 0.779. The van der Waals surface area contributed by atoms with Gasteiger partial charge in [-0.2, -0.15) is 13.2 Å². The highest BCUT2D eigenvalue weighted by Crippen LogP contribution is 2.22. The minimum absolute atomic E-state index is 0.0355. The van der Waals surface area contributed by atoms with Crippen LogP contribution in [0, 0.1) is 0 Å². The summed E-state index contributed by atoms with van der Waals surface area (Å²) in [5.74, 6) is -2.03. The minimum atomic E-state index is -4.93. The van der Waals surface area contributed by atoms with Crippen LogP contribution < -0.4 is 5.32 Å². The van der Waals surface area contributed by atoms with Crippen LogP contribution in [0.25, 0.3) is 0 Å². The molecule has 0 spiro atoms. The number of alkyl halides is 3. The average Bonchev–Trinajstić information content (AvgIpc) is 2.51. The lowest BCUT2D eigenvalue weighted by Gasteiger charge is -2.24. The zero-order valence-corrected chi connectivity index (χ0v) is 9.07. The van der Waals surface area contributed by atoms with E-state index in [0.29, 0.717) is 12.2 Å². The molecule has 0 radical (unpaired) electrons. The van der Waals surface area contributed by atoms with Gasteiger partial charge in [0.1, 0.15) is 18.2 Å². The smallest absolute Gasteiger partial charge is 0.469 e. The molecular formula is C11H9F3N2O2. The van der Waals surface area contributed by atoms with Crippen molar-refractivity contribution < 1.29 is 22.7 Å². The van der Waals surface area contributed by atoms with Crippen LogP contribution in [-0.4, -0.2) is 23.5 Å². The lowest BCUT2D eigenvalue weighted by atomic mass is 10.2. The first-order chi connectivity index (χ1) is 8.48. The second-order valence-corrected chi connectivity index (χ2v) is 3.54. The van der Waals surface area contributed by atoms with E-state index in [2.05, 4.69) is 0 Å². The van der Waals surface area contributed by atoms with E-state index in [1.54, 1.807) is 28.6 Å². The van der Waals surface area contributed by atoms with Gasteiger partial charge >= 0.3 is 12.1 Å². The molecule has 1 amide bonds. The Balaban J connectivity index is 2.21. The highest BCUT2D eigenvalue weighted by atomic mass is 19.4. The predicted octanol–water partition coefficient (Wildman–Crippen LogP) is 1.76. The van der Waals surface area contributed by atoms with Gasteiger partial charge in [-0.25, -0.2) is 0 Å². The van der Waals surface area contributed by atoms with E-state index in [1.165, 1.54) is 6.26 Å². The molecule has 2 aliphatic rings. The highest BCUT2D eigenvalue weighted by Gasteiger charge is 2.39. The summed E-state index contributed by atoms with van der Waals surface area (Å²) in [6.07, 6.45) is 4.12. The number of carbonyl (C=O) groups excluding carboxylic acids is 1. The summed E-state index contributed by atoms with van der Waals surface area (Å²) in [6, 6.07) is 0. The number of rotatable bonds is 1. The molecule has 0 aromatic carbocycles. The summed E-state index contributed by atoms with van der Waals surface area (Å²) < 4.78 is 41.4. The Bertz CT molecular complexity index is 475. The zero-order valence-electron chi connectivity index (χ0n) is 9.07. The van der Waals surface area contributed by atoms with Crippen molar-refractivity contribution in [1.82, 2.24) is 10.2 Å². The van der Waals surface area contributed by atoms with Gasteiger partial charge in [0.05, 0.1) is 5.70 Å². The van der Waals surface area contributed by atoms with Crippen LogP contribution in [0.3, 0.4) is 0 Å². The van der Waals surface area contributed by atoms with E-state index in [-0.39, 0.29) is 5.70 Å². The van der Waals surface area contributed by atoms with Crippen LogP contribution in [0.15, 0.2) is 48.3 Å². The summed E-state index contributed by atoms with van der Waals surface area (Å²) >= 11 is 0. The largest absolute Gasteiger partial charge is 0.471 e. The summed E-state index contributed by atoms with van der Waals surface area (Å²) in [7, 11) is 0. The molecular weight excluding hydrogens is 249 g/mol. The first-order valence-electron chi connectivity index (χ1n) is 5.03. The maximum Gasteiger partial charge on any atom is 0.471 e. The van der Waals surface area contributed by atoms with Gasteiger partial charge in [0.15, 0.2) is 0 Å². The third-order valence-electron chi connectivity index (χ3n) is 2.29. The number of hydrogen-bond acceptors (Lipinski definition) is 3. The second kappa shape index (κ2) is 4.59. The predicted molar refractivity (Wildman–Crippen MR) is 56.4 cm³/mol. The molecule has 0 aromatic rings. The van der Waals surface area contributed by atoms with Crippen LogP contribution in [0.5, 0.6) is 0 Å². The molecule has 0 atom stereocenters. The van der Waals surface area contributed by atoms with E-state index >= 15 is 0 Å². The molecule has 0 bridgehead atoms. The number of ether oxygens (including phenoxy) is 1. The number of allylic oxidation sites excluding steroid dienone is 2. The molecule has 0 saturated carbocycles. The first-order valence-corrected chi connectivity index (χ1v) is 5.03. The van der Waals surface area contributed by atoms with E-state index in [0.717, 1.165) is 6.26 Å². The third-order valence-corrected chi connectivity index (χ3v) is 2.29. The van der Waals surface area contributed by atoms with Crippen LogP contribution in [0.4, 0.5) is 13.2 Å². The fraction of sp³-hybridized carbons (Fsp3) is 0.182. The Morgan fingerprint density at radius 3 is 2.94 bits per heavy atom. The van der Waals surface area contributed by atoms with E-state index in [4.69, 9.17) is 4.74 Å². The number of nitrogens with one attached hydrogen (secondary N) is 1. The maximum absolute atomic E-state index is 12.2. The topological polar surface area (TPSA) is 41.6 Å². The van der Waals surface area contributed by atoms with Crippen molar-refractivity contribution in [3.63, 3.8) is 0 Å². The Morgan fingerprint density at radius 2 is 2.22 bits per heavy atom. The lowest BCUT2D eigenvalue weighted by molar-refractivity contribution is -0.172. The van der Waals surface area contributed by atoms with Crippen molar-refractivity contribution in [1.29, 1.82) is 0 Å². The van der Waals surface area contributed by atoms with E-state index in [9.17, 15) is 18.0 Å². The van der Waals surface area contributed by atoms with Crippen LogP contribution in [0.1, 0.15) is 0 Å². The molecule has 18 heavy (non-hydrogen) atoms. The molecule has 2 aliphatic heterocycles. The van der Waals surface area contributed by atoms with E-state index in [1.807, 2.05) is 6.08 Å². The molecule has 1 N–H and O–H groups in total. The van der Waals surface area contributed by atoms with Crippen molar-refractivity contribution in [2.24, 2.45) is 0 Å². The molecule has 0 fully saturated rings. The van der Waals surface area contributed by atoms with E-state index < -0.39 is 12.1 Å². The fourth-order valence-electron chi connectivity index (χ4n) is 1.48. The number of fused-ring (bicyclic) bond motifs is 1. The molecule has 0 unspecified atom stereocenters. The van der Waals surface area contributed by atoms with Gasteiger partial charge < -0.3 is 15.0 Å². The highest BCUT2D eigenvalue weighted by molar-refractivity contribution is 5.84. The second-order valence-electron chi connectivity index (χ2n) is 3.54. The Labute approximate surface area is 101 Å². The van der Waals surface area contributed by atoms with Crippen molar-refractivity contribution in [3.05, 3.63) is 48.3 Å². The van der Waals surface area contributed by atoms with Crippen molar-refractivity contribution >= 4 is 5.91 Å². The first kappa shape index (κ1) is 12.3. The van der Waals surface area contributed by atoms with Crippen LogP contribution in [-0.2, 0) is 9.53 Å². The standard InChI is InChI=1S/C11H9F3N2O2/c12-11(13,14)10(17)15-8-7-18-6-5-16-4-2-1-3-9(8)16/h1-3,5-7H,4H2,(H,15,17). The number of hydrogen-bond donors (Lipinski definition) is 1. The van der Waals surface area contributed by atoms with Gasteiger partial charge in [-0.15, -0.1) is 0 Å². The molecule has 2 rings (SSSR count). The van der Waals surface area contributed by atoms with Crippen LogP contribution in [0.2, 0.25) is 0 Å². The molecule has 7 heteroatoms. The zero-order chi connectivity index (χ0) is 13.2. The Kier molecular flexibility index (Phi) is 3.14. The van der Waals surface area contributed by atoms with Crippen LogP contribution >= 0.6 is 0 Å².